The molecule has 0 unspecified atom stereocenters. The largest absolute Gasteiger partial charge is 0.419 e. The predicted octanol–water partition coefficient (Wildman–Crippen LogP) is 2.38. The van der Waals surface area contributed by atoms with E-state index in [9.17, 15) is 9.59 Å². The van der Waals surface area contributed by atoms with Gasteiger partial charge in [0.2, 0.25) is 0 Å². The fraction of sp³-hybridized carbons (Fsp3) is 0.200. The van der Waals surface area contributed by atoms with Crippen molar-refractivity contribution in [3.8, 4) is 11.5 Å². The van der Waals surface area contributed by atoms with E-state index < -0.39 is 11.9 Å². The van der Waals surface area contributed by atoms with Crippen LogP contribution in [0.5, 0.6) is 11.5 Å². The number of ether oxygens (including phenoxy) is 2. The van der Waals surface area contributed by atoms with Crippen LogP contribution in [0.15, 0.2) is 25.3 Å². The second-order valence-electron chi connectivity index (χ2n) is 4.20. The Morgan fingerprint density at radius 2 is 1.35 bits per heavy atom. The van der Waals surface area contributed by atoms with Crippen LogP contribution in [0.3, 0.4) is 0 Å². The molecule has 0 spiro atoms. The summed E-state index contributed by atoms with van der Waals surface area (Å²) in [7, 11) is 0. The van der Waals surface area contributed by atoms with Crippen molar-refractivity contribution in [2.45, 2.75) is 20.8 Å². The lowest BCUT2D eigenvalue weighted by atomic mass is 10.0. The van der Waals surface area contributed by atoms with Crippen molar-refractivity contribution >= 4 is 17.6 Å². The number of carbonyl (C=O) groups is 2. The van der Waals surface area contributed by atoms with Gasteiger partial charge in [-0.3, -0.25) is 0 Å². The summed E-state index contributed by atoms with van der Waals surface area (Å²) in [4.78, 5) is 22.8. The third kappa shape index (κ3) is 2.88. The number of esters is 2. The Morgan fingerprint density at radius 3 is 1.80 bits per heavy atom. The van der Waals surface area contributed by atoms with Gasteiger partial charge in [0.15, 0.2) is 11.5 Å². The maximum absolute atomic E-state index is 11.4. The number of hydrogen-bond acceptors (Lipinski definition) is 5. The summed E-state index contributed by atoms with van der Waals surface area (Å²) in [6.45, 7) is 12.0. The van der Waals surface area contributed by atoms with Crippen LogP contribution >= 0.6 is 0 Å². The van der Waals surface area contributed by atoms with Gasteiger partial charge < -0.3 is 15.2 Å². The lowest BCUT2D eigenvalue weighted by Gasteiger charge is -2.18. The van der Waals surface area contributed by atoms with Crippen molar-refractivity contribution in [2.75, 3.05) is 5.73 Å². The van der Waals surface area contributed by atoms with E-state index in [0.717, 1.165) is 23.3 Å². The van der Waals surface area contributed by atoms with E-state index in [2.05, 4.69) is 13.2 Å². The summed E-state index contributed by atoms with van der Waals surface area (Å²) in [5.41, 5.74) is 8.47. The highest BCUT2D eigenvalue weighted by Crippen LogP contribution is 2.41. The van der Waals surface area contributed by atoms with Crippen molar-refractivity contribution in [1.82, 2.24) is 0 Å². The van der Waals surface area contributed by atoms with E-state index in [-0.39, 0.29) is 17.2 Å². The molecule has 0 bridgehead atoms. The van der Waals surface area contributed by atoms with E-state index >= 15 is 0 Å². The molecule has 5 heteroatoms. The number of carbonyl (C=O) groups excluding carboxylic acids is 2. The summed E-state index contributed by atoms with van der Waals surface area (Å²) in [6.07, 6.45) is 2.02. The molecule has 0 aromatic heterocycles. The zero-order valence-electron chi connectivity index (χ0n) is 11.8. The fourth-order valence-corrected chi connectivity index (χ4v) is 1.63. The zero-order chi connectivity index (χ0) is 15.4. The lowest BCUT2D eigenvalue weighted by molar-refractivity contribution is -0.131. The first-order valence-corrected chi connectivity index (χ1v) is 5.91. The Labute approximate surface area is 117 Å². The van der Waals surface area contributed by atoms with Crippen LogP contribution in [-0.4, -0.2) is 11.9 Å². The first-order chi connectivity index (χ1) is 9.33. The minimum absolute atomic E-state index is 0.0192. The molecular formula is C15H17NO4. The third-order valence-corrected chi connectivity index (χ3v) is 3.06. The van der Waals surface area contributed by atoms with Gasteiger partial charge in [-0.15, -0.1) is 0 Å². The molecule has 20 heavy (non-hydrogen) atoms. The Balaban J connectivity index is 3.51. The standard InChI is InChI=1S/C15H17NO4/c1-6-11(17)19-14-10(5)8(3)9(4)13(16)15(14)20-12(18)7-2/h6-7H,1-2,16H2,3-5H3. The highest BCUT2D eigenvalue weighted by atomic mass is 16.6. The topological polar surface area (TPSA) is 78.6 Å². The van der Waals surface area contributed by atoms with Gasteiger partial charge in [0.25, 0.3) is 0 Å². The molecule has 0 amide bonds. The molecule has 0 aliphatic heterocycles. The second kappa shape index (κ2) is 6.06. The van der Waals surface area contributed by atoms with E-state index in [0.29, 0.717) is 5.56 Å². The first kappa shape index (κ1) is 15.5. The molecule has 1 rings (SSSR count). The van der Waals surface area contributed by atoms with Crippen LogP contribution in [0.2, 0.25) is 0 Å². The Kier molecular flexibility index (Phi) is 4.69. The summed E-state index contributed by atoms with van der Waals surface area (Å²) >= 11 is 0. The van der Waals surface area contributed by atoms with Gasteiger partial charge in [0, 0.05) is 12.2 Å². The third-order valence-electron chi connectivity index (χ3n) is 3.06. The summed E-state index contributed by atoms with van der Waals surface area (Å²) < 4.78 is 10.2. The van der Waals surface area contributed by atoms with Gasteiger partial charge in [0.05, 0.1) is 5.69 Å². The summed E-state index contributed by atoms with van der Waals surface area (Å²) in [5, 5.41) is 0. The van der Waals surface area contributed by atoms with Crippen molar-refractivity contribution in [1.29, 1.82) is 0 Å². The predicted molar refractivity (Wildman–Crippen MR) is 76.7 cm³/mol. The van der Waals surface area contributed by atoms with E-state index in [4.69, 9.17) is 15.2 Å². The maximum atomic E-state index is 11.4. The lowest BCUT2D eigenvalue weighted by Crippen LogP contribution is -2.13. The molecule has 106 valence electrons. The van der Waals surface area contributed by atoms with Gasteiger partial charge in [-0.05, 0) is 37.5 Å². The minimum Gasteiger partial charge on any atom is -0.419 e. The quantitative estimate of drug-likeness (QED) is 0.395. The van der Waals surface area contributed by atoms with Gasteiger partial charge in [-0.25, -0.2) is 9.59 Å². The molecule has 1 aromatic rings. The number of benzene rings is 1. The van der Waals surface area contributed by atoms with Gasteiger partial charge in [0.1, 0.15) is 0 Å². The number of rotatable bonds is 4. The molecule has 1 aromatic carbocycles. The van der Waals surface area contributed by atoms with Crippen LogP contribution in [0.4, 0.5) is 5.69 Å². The van der Waals surface area contributed by atoms with Crippen molar-refractivity contribution in [3.05, 3.63) is 42.0 Å². The normalized spacial score (nSPS) is 9.75. The van der Waals surface area contributed by atoms with Crippen LogP contribution in [0, 0.1) is 20.8 Å². The van der Waals surface area contributed by atoms with Crippen LogP contribution in [0.1, 0.15) is 16.7 Å². The molecule has 2 N–H and O–H groups in total. The van der Waals surface area contributed by atoms with Crippen LogP contribution in [-0.2, 0) is 9.59 Å². The molecule has 0 atom stereocenters. The molecular weight excluding hydrogens is 258 g/mol. The summed E-state index contributed by atoms with van der Waals surface area (Å²) in [6, 6.07) is 0. The van der Waals surface area contributed by atoms with Crippen LogP contribution in [0.25, 0.3) is 0 Å². The number of anilines is 1. The van der Waals surface area contributed by atoms with Gasteiger partial charge >= 0.3 is 11.9 Å². The zero-order valence-corrected chi connectivity index (χ0v) is 11.8. The highest BCUT2D eigenvalue weighted by molar-refractivity contribution is 5.89. The molecule has 0 saturated carbocycles. The maximum Gasteiger partial charge on any atom is 0.335 e. The highest BCUT2D eigenvalue weighted by Gasteiger charge is 2.21. The van der Waals surface area contributed by atoms with Crippen molar-refractivity contribution in [2.24, 2.45) is 0 Å². The van der Waals surface area contributed by atoms with Crippen molar-refractivity contribution < 1.29 is 19.1 Å². The molecule has 0 heterocycles. The molecule has 0 fully saturated rings. The smallest absolute Gasteiger partial charge is 0.335 e. The first-order valence-electron chi connectivity index (χ1n) is 5.91. The number of hydrogen-bond donors (Lipinski definition) is 1. The number of nitrogens with two attached hydrogens (primary N) is 1. The molecule has 0 aliphatic rings. The fourth-order valence-electron chi connectivity index (χ4n) is 1.63. The summed E-state index contributed by atoms with van der Waals surface area (Å²) in [5.74, 6) is -1.21. The van der Waals surface area contributed by atoms with Gasteiger partial charge in [-0.2, -0.15) is 0 Å². The van der Waals surface area contributed by atoms with Crippen molar-refractivity contribution in [3.63, 3.8) is 0 Å². The average Bonchev–Trinajstić information content (AvgIpc) is 2.45. The Morgan fingerprint density at radius 1 is 0.900 bits per heavy atom. The Hall–Kier alpha value is -2.56. The molecule has 0 saturated heterocycles. The second-order valence-corrected chi connectivity index (χ2v) is 4.20. The monoisotopic (exact) mass is 275 g/mol. The molecule has 5 nitrogen and oxygen atoms in total. The van der Waals surface area contributed by atoms with Gasteiger partial charge in [-0.1, -0.05) is 13.2 Å². The number of nitrogen functional groups attached to an aromatic ring is 1. The van der Waals surface area contributed by atoms with E-state index in [1.807, 2.05) is 6.92 Å². The molecule has 0 radical (unpaired) electrons. The Bertz CT molecular complexity index is 550. The van der Waals surface area contributed by atoms with E-state index in [1.54, 1.807) is 13.8 Å². The van der Waals surface area contributed by atoms with E-state index in [1.165, 1.54) is 0 Å². The average molecular weight is 275 g/mol. The SMILES string of the molecule is C=CC(=O)Oc1c(C)c(C)c(C)c(N)c1OC(=O)C=C. The van der Waals surface area contributed by atoms with Crippen LogP contribution < -0.4 is 15.2 Å². The molecule has 0 aliphatic carbocycles. The minimum atomic E-state index is -0.685.